The smallest absolute Gasteiger partial charge is 0.340 e. The molecule has 0 unspecified atom stereocenters. The number of carbonyl (C=O) groups is 1. The maximum Gasteiger partial charge on any atom is 0.340 e. The van der Waals surface area contributed by atoms with Gasteiger partial charge in [0, 0.05) is 11.6 Å². The van der Waals surface area contributed by atoms with Gasteiger partial charge in [0.2, 0.25) is 4.74 Å². The molecule has 2 aromatic rings. The molecule has 0 saturated heterocycles. The van der Waals surface area contributed by atoms with Crippen LogP contribution in [0.15, 0.2) is 29.2 Å². The zero-order chi connectivity index (χ0) is 10.1. The van der Waals surface area contributed by atoms with E-state index in [1.807, 2.05) is 0 Å². The van der Waals surface area contributed by atoms with Gasteiger partial charge in [0.15, 0.2) is 0 Å². The van der Waals surface area contributed by atoms with Gasteiger partial charge in [-0.3, -0.25) is 4.79 Å². The Morgan fingerprint density at radius 3 is 3.00 bits per heavy atom. The number of hydrogen-bond donors (Lipinski definition) is 1. The molecule has 0 aliphatic rings. The van der Waals surface area contributed by atoms with Gasteiger partial charge in [-0.25, -0.2) is 9.78 Å². The number of pyridine rings is 1. The summed E-state index contributed by atoms with van der Waals surface area (Å²) in [5.74, 6) is -1.20. The molecular weight excluding hydrogens is 202 g/mol. The largest absolute Gasteiger partial charge is 0.478 e. The minimum absolute atomic E-state index is 0.199. The first-order chi connectivity index (χ1) is 6.68. The van der Waals surface area contributed by atoms with Crippen LogP contribution in [0.5, 0.6) is 0 Å². The second-order valence-electron chi connectivity index (χ2n) is 2.65. The minimum Gasteiger partial charge on any atom is -0.478 e. The Balaban J connectivity index is 2.84. The summed E-state index contributed by atoms with van der Waals surface area (Å²) >= 11 is 0.849. The van der Waals surface area contributed by atoms with Gasteiger partial charge < -0.3 is 5.11 Å². The molecule has 0 spiro atoms. The summed E-state index contributed by atoms with van der Waals surface area (Å²) in [6.45, 7) is 0. The topological polar surface area (TPSA) is 67.3 Å². The van der Waals surface area contributed by atoms with E-state index in [1.54, 1.807) is 18.3 Å². The summed E-state index contributed by atoms with van der Waals surface area (Å²) in [7, 11) is 0. The molecule has 0 saturated carbocycles. The van der Waals surface area contributed by atoms with Gasteiger partial charge in [-0.15, -0.1) is 0 Å². The Labute approximate surface area is 82.5 Å². The van der Waals surface area contributed by atoms with E-state index in [2.05, 4.69) is 4.98 Å². The van der Waals surface area contributed by atoms with Gasteiger partial charge in [0.05, 0.1) is 0 Å². The van der Waals surface area contributed by atoms with E-state index < -0.39 is 10.7 Å². The van der Waals surface area contributed by atoms with Crippen molar-refractivity contribution in [2.45, 2.75) is 0 Å². The summed E-state index contributed by atoms with van der Waals surface area (Å²) in [4.78, 5) is 26.4. The van der Waals surface area contributed by atoms with Gasteiger partial charge in [-0.2, -0.15) is 0 Å². The molecule has 0 radical (unpaired) electrons. The monoisotopic (exact) mass is 207 g/mol. The Kier molecular flexibility index (Phi) is 2.01. The Morgan fingerprint density at radius 1 is 1.50 bits per heavy atom. The molecule has 0 atom stereocenters. The molecule has 2 rings (SSSR count). The number of carboxylic acid groups (broad SMARTS) is 1. The van der Waals surface area contributed by atoms with Crippen molar-refractivity contribution >= 4 is 27.5 Å². The Bertz CT molecular complexity index is 561. The second-order valence-corrected chi connectivity index (χ2v) is 3.61. The van der Waals surface area contributed by atoms with Crippen molar-refractivity contribution in [2.24, 2.45) is 0 Å². The lowest BCUT2D eigenvalue weighted by molar-refractivity contribution is 0.0696. The standard InChI is InChI=1S/C9H5NO3S/c11-8(12)6-4-5-2-1-3-10-7(5)14-9(6)13/h1-4H,(H,11,12). The van der Waals surface area contributed by atoms with Crippen LogP contribution < -0.4 is 4.74 Å². The third kappa shape index (κ3) is 1.38. The van der Waals surface area contributed by atoms with Crippen molar-refractivity contribution in [3.8, 4) is 0 Å². The number of hydrogen-bond acceptors (Lipinski definition) is 4. The van der Waals surface area contributed by atoms with Crippen molar-refractivity contribution in [1.82, 2.24) is 4.98 Å². The van der Waals surface area contributed by atoms with Crippen LogP contribution in [0, 0.1) is 0 Å². The molecule has 2 aromatic heterocycles. The molecule has 70 valence electrons. The Morgan fingerprint density at radius 2 is 2.29 bits per heavy atom. The van der Waals surface area contributed by atoms with Crippen LogP contribution in [0.4, 0.5) is 0 Å². The predicted octanol–water partition coefficient (Wildman–Crippen LogP) is 1.35. The average Bonchev–Trinajstić information content (AvgIpc) is 2.16. The Hall–Kier alpha value is -1.75. The summed E-state index contributed by atoms with van der Waals surface area (Å²) in [5, 5.41) is 9.39. The fraction of sp³-hybridized carbons (Fsp3) is 0. The zero-order valence-electron chi connectivity index (χ0n) is 6.93. The van der Waals surface area contributed by atoms with Gasteiger partial charge in [-0.1, -0.05) is 17.4 Å². The fourth-order valence-electron chi connectivity index (χ4n) is 1.10. The van der Waals surface area contributed by atoms with E-state index in [1.165, 1.54) is 6.07 Å². The number of aromatic nitrogens is 1. The van der Waals surface area contributed by atoms with Crippen LogP contribution in [0.1, 0.15) is 10.4 Å². The van der Waals surface area contributed by atoms with E-state index >= 15 is 0 Å². The van der Waals surface area contributed by atoms with Crippen molar-refractivity contribution in [2.75, 3.05) is 0 Å². The number of aromatic carboxylic acids is 1. The summed E-state index contributed by atoms with van der Waals surface area (Å²) in [6, 6.07) is 4.78. The lowest BCUT2D eigenvalue weighted by Gasteiger charge is -1.95. The van der Waals surface area contributed by atoms with Gasteiger partial charge in [0.25, 0.3) is 0 Å². The maximum absolute atomic E-state index is 11.3. The molecule has 0 aliphatic carbocycles. The summed E-state index contributed by atoms with van der Waals surface area (Å²) in [6.07, 6.45) is 1.57. The highest BCUT2D eigenvalue weighted by Crippen LogP contribution is 2.13. The van der Waals surface area contributed by atoms with Crippen LogP contribution in [-0.2, 0) is 0 Å². The third-order valence-corrected chi connectivity index (χ3v) is 2.68. The average molecular weight is 207 g/mol. The van der Waals surface area contributed by atoms with E-state index in [-0.39, 0.29) is 5.56 Å². The SMILES string of the molecule is O=C(O)c1cc2cccnc2sc1=O. The number of fused-ring (bicyclic) bond motifs is 1. The van der Waals surface area contributed by atoms with Crippen LogP contribution in [-0.4, -0.2) is 16.1 Å². The van der Waals surface area contributed by atoms with Crippen molar-refractivity contribution < 1.29 is 9.90 Å². The molecule has 0 aliphatic heterocycles. The van der Waals surface area contributed by atoms with Gasteiger partial charge in [-0.05, 0) is 12.1 Å². The third-order valence-electron chi connectivity index (χ3n) is 1.74. The molecule has 0 amide bonds. The minimum atomic E-state index is -1.20. The van der Waals surface area contributed by atoms with E-state index in [0.29, 0.717) is 10.2 Å². The highest BCUT2D eigenvalue weighted by Gasteiger charge is 2.10. The quantitative estimate of drug-likeness (QED) is 0.766. The fourth-order valence-corrected chi connectivity index (χ4v) is 1.89. The predicted molar refractivity (Wildman–Crippen MR) is 52.8 cm³/mol. The normalized spacial score (nSPS) is 10.3. The highest BCUT2D eigenvalue weighted by atomic mass is 32.1. The molecular formula is C9H5NO3S. The van der Waals surface area contributed by atoms with E-state index in [0.717, 1.165) is 11.3 Å². The first kappa shape index (κ1) is 8.83. The molecule has 0 bridgehead atoms. The van der Waals surface area contributed by atoms with E-state index in [4.69, 9.17) is 5.11 Å². The van der Waals surface area contributed by atoms with Crippen molar-refractivity contribution in [3.63, 3.8) is 0 Å². The lowest BCUT2D eigenvalue weighted by atomic mass is 10.2. The first-order valence-electron chi connectivity index (χ1n) is 3.80. The summed E-state index contributed by atoms with van der Waals surface area (Å²) in [5.41, 5.74) is -0.199. The zero-order valence-corrected chi connectivity index (χ0v) is 7.75. The molecule has 4 nitrogen and oxygen atoms in total. The van der Waals surface area contributed by atoms with Crippen molar-refractivity contribution in [3.05, 3.63) is 39.5 Å². The molecule has 1 N–H and O–H groups in total. The number of rotatable bonds is 1. The van der Waals surface area contributed by atoms with E-state index in [9.17, 15) is 9.59 Å². The van der Waals surface area contributed by atoms with Crippen molar-refractivity contribution in [1.29, 1.82) is 0 Å². The van der Waals surface area contributed by atoms with Crippen LogP contribution in [0.2, 0.25) is 0 Å². The lowest BCUT2D eigenvalue weighted by Crippen LogP contribution is -2.10. The summed E-state index contributed by atoms with van der Waals surface area (Å²) < 4.78 is -0.469. The van der Waals surface area contributed by atoms with Gasteiger partial charge in [0.1, 0.15) is 10.4 Å². The molecule has 0 aromatic carbocycles. The molecule has 14 heavy (non-hydrogen) atoms. The first-order valence-corrected chi connectivity index (χ1v) is 4.62. The maximum atomic E-state index is 11.3. The number of carboxylic acids is 1. The second kappa shape index (κ2) is 3.19. The molecule has 2 heterocycles. The highest BCUT2D eigenvalue weighted by molar-refractivity contribution is 7.16. The van der Waals surface area contributed by atoms with Crippen LogP contribution in [0.3, 0.4) is 0 Å². The van der Waals surface area contributed by atoms with Crippen LogP contribution in [0.25, 0.3) is 10.2 Å². The van der Waals surface area contributed by atoms with Gasteiger partial charge >= 0.3 is 5.97 Å². The molecule has 0 fully saturated rings. The van der Waals surface area contributed by atoms with Crippen LogP contribution >= 0.6 is 11.3 Å². The molecule has 5 heteroatoms. The number of nitrogens with zero attached hydrogens (tertiary/aromatic N) is 1.